The van der Waals surface area contributed by atoms with E-state index in [0.29, 0.717) is 11.6 Å². The Hall–Kier alpha value is -0.900. The van der Waals surface area contributed by atoms with Crippen LogP contribution in [0, 0.1) is 0 Å². The minimum atomic E-state index is 0.573. The minimum Gasteiger partial charge on any atom is -0.235 e. The fraction of sp³-hybridized carbons (Fsp3) is 0.462. The first-order valence-corrected chi connectivity index (χ1v) is 6.48. The predicted molar refractivity (Wildman–Crippen MR) is 69.7 cm³/mol. The summed E-state index contributed by atoms with van der Waals surface area (Å²) in [5, 5.41) is 9.84. The van der Waals surface area contributed by atoms with Crippen LogP contribution in [0.25, 0.3) is 0 Å². The molecule has 4 heteroatoms. The summed E-state index contributed by atoms with van der Waals surface area (Å²) in [6, 6.07) is 4.10. The number of halogens is 1. The summed E-state index contributed by atoms with van der Waals surface area (Å²) in [7, 11) is 0. The van der Waals surface area contributed by atoms with Crippen LogP contribution in [0.15, 0.2) is 17.1 Å². The number of fused-ring (bicyclic) bond motifs is 1. The van der Waals surface area contributed by atoms with E-state index in [1.807, 2.05) is 13.0 Å². The molecule has 3 N–H and O–H groups in total. The van der Waals surface area contributed by atoms with E-state index in [9.17, 15) is 5.21 Å². The molecule has 3 nitrogen and oxygen atoms in total. The summed E-state index contributed by atoms with van der Waals surface area (Å²) in [5.74, 6) is 0. The van der Waals surface area contributed by atoms with Crippen molar-refractivity contribution in [3.05, 3.63) is 23.3 Å². The molecule has 0 radical (unpaired) electrons. The van der Waals surface area contributed by atoms with Gasteiger partial charge in [-0.25, -0.2) is 10.2 Å². The molecule has 1 aliphatic rings. The molecule has 0 fully saturated rings. The number of quaternary nitrogens is 1. The van der Waals surface area contributed by atoms with Crippen molar-refractivity contribution in [2.45, 2.75) is 39.0 Å². The van der Waals surface area contributed by atoms with Crippen LogP contribution in [0.2, 0.25) is 0 Å². The smallest absolute Gasteiger partial charge is 0.187 e. The topological polar surface area (TPSA) is 49.2 Å². The van der Waals surface area contributed by atoms with Crippen molar-refractivity contribution in [3.63, 3.8) is 0 Å². The Morgan fingerprint density at radius 3 is 2.59 bits per heavy atom. The maximum atomic E-state index is 9.27. The van der Waals surface area contributed by atoms with Crippen molar-refractivity contribution in [1.29, 1.82) is 0 Å². The molecular formula is C13H18ClN2O+. The number of benzene rings is 1. The Labute approximate surface area is 106 Å². The van der Waals surface area contributed by atoms with Gasteiger partial charge in [-0.2, -0.15) is 5.48 Å². The lowest BCUT2D eigenvalue weighted by atomic mass is 9.91. The van der Waals surface area contributed by atoms with Gasteiger partial charge in [0, 0.05) is 6.07 Å². The first-order chi connectivity index (χ1) is 8.24. The average molecular weight is 254 g/mol. The Balaban J connectivity index is 2.43. The van der Waals surface area contributed by atoms with Crippen LogP contribution in [-0.2, 0) is 12.8 Å². The molecule has 17 heavy (non-hydrogen) atoms. The zero-order valence-electron chi connectivity index (χ0n) is 10.0. The first-order valence-electron chi connectivity index (χ1n) is 6.11. The maximum absolute atomic E-state index is 9.27. The van der Waals surface area contributed by atoms with Gasteiger partial charge in [0.15, 0.2) is 5.69 Å². The van der Waals surface area contributed by atoms with E-state index >= 15 is 0 Å². The molecular weight excluding hydrogens is 236 g/mol. The van der Waals surface area contributed by atoms with Gasteiger partial charge in [0.25, 0.3) is 0 Å². The Morgan fingerprint density at radius 1 is 1.35 bits per heavy atom. The average Bonchev–Trinajstić information content (AvgIpc) is 2.37. The van der Waals surface area contributed by atoms with Crippen LogP contribution in [0.3, 0.4) is 0 Å². The summed E-state index contributed by atoms with van der Waals surface area (Å²) in [6.45, 7) is 1.96. The number of nitrogens with two attached hydrogens (primary N) is 1. The quantitative estimate of drug-likeness (QED) is 0.486. The van der Waals surface area contributed by atoms with Gasteiger partial charge in [-0.15, -0.1) is 0 Å². The highest BCUT2D eigenvalue weighted by atomic mass is 35.5. The third-order valence-corrected chi connectivity index (χ3v) is 3.52. The second kappa shape index (κ2) is 5.63. The van der Waals surface area contributed by atoms with E-state index in [-0.39, 0.29) is 0 Å². The van der Waals surface area contributed by atoms with E-state index in [1.165, 1.54) is 24.0 Å². The standard InChI is InChI=1S/C13H17ClN2O/c1-2-13(14)15-11-7-9-5-3-4-6-10(9)8-12(11)16-17/h7-8,16-17H,2-6H2,1H3/p+1. The molecule has 1 aliphatic carbocycles. The van der Waals surface area contributed by atoms with Crippen molar-refractivity contribution in [2.75, 3.05) is 0 Å². The summed E-state index contributed by atoms with van der Waals surface area (Å²) in [6.07, 6.45) is 5.38. The van der Waals surface area contributed by atoms with Crippen molar-refractivity contribution >= 4 is 28.1 Å². The van der Waals surface area contributed by atoms with E-state index in [4.69, 9.17) is 11.6 Å². The van der Waals surface area contributed by atoms with Gasteiger partial charge >= 0.3 is 0 Å². The third kappa shape index (κ3) is 2.86. The molecule has 0 saturated carbocycles. The molecule has 0 heterocycles. The second-order valence-corrected chi connectivity index (χ2v) is 4.79. The molecule has 0 aromatic heterocycles. The summed E-state index contributed by atoms with van der Waals surface area (Å²) < 4.78 is 0. The van der Waals surface area contributed by atoms with E-state index in [1.54, 1.807) is 0 Å². The normalized spacial score (nSPS) is 15.8. The Kier molecular flexibility index (Phi) is 4.15. The Morgan fingerprint density at radius 2 is 2.00 bits per heavy atom. The molecule has 1 aromatic carbocycles. The highest BCUT2D eigenvalue weighted by Gasteiger charge is 2.15. The van der Waals surface area contributed by atoms with Crippen LogP contribution in [0.1, 0.15) is 37.3 Å². The van der Waals surface area contributed by atoms with Gasteiger partial charge in [0.1, 0.15) is 10.9 Å². The summed E-state index contributed by atoms with van der Waals surface area (Å²) in [4.78, 5) is 4.35. The number of nitrogens with zero attached hydrogens (tertiary/aromatic N) is 1. The van der Waals surface area contributed by atoms with Gasteiger partial charge in [-0.05, 0) is 49.3 Å². The van der Waals surface area contributed by atoms with Crippen molar-refractivity contribution in [3.8, 4) is 0 Å². The summed E-state index contributed by atoms with van der Waals surface area (Å²) >= 11 is 5.97. The van der Waals surface area contributed by atoms with Gasteiger partial charge in [0.2, 0.25) is 0 Å². The summed E-state index contributed by atoms with van der Waals surface area (Å²) in [5.41, 5.74) is 5.34. The van der Waals surface area contributed by atoms with Crippen molar-refractivity contribution in [2.24, 2.45) is 4.99 Å². The molecule has 1 aromatic rings. The Bertz CT molecular complexity index is 443. The number of hydrogen-bond acceptors (Lipinski definition) is 2. The molecule has 0 unspecified atom stereocenters. The molecule has 0 atom stereocenters. The zero-order chi connectivity index (χ0) is 12.3. The van der Waals surface area contributed by atoms with Gasteiger partial charge < -0.3 is 0 Å². The van der Waals surface area contributed by atoms with Crippen LogP contribution in [-0.4, -0.2) is 10.4 Å². The lowest BCUT2D eigenvalue weighted by Crippen LogP contribution is -2.73. The third-order valence-electron chi connectivity index (χ3n) is 3.16. The zero-order valence-corrected chi connectivity index (χ0v) is 10.8. The van der Waals surface area contributed by atoms with Gasteiger partial charge in [-0.1, -0.05) is 18.5 Å². The minimum absolute atomic E-state index is 0.573. The fourth-order valence-electron chi connectivity index (χ4n) is 2.20. The van der Waals surface area contributed by atoms with Crippen LogP contribution in [0.5, 0.6) is 0 Å². The second-order valence-electron chi connectivity index (χ2n) is 4.36. The largest absolute Gasteiger partial charge is 0.235 e. The SMILES string of the molecule is CCC(Cl)=Nc1cc2c(cc1[NH2+]O)CCCC2. The number of hydrogen-bond donors (Lipinski definition) is 2. The monoisotopic (exact) mass is 253 g/mol. The van der Waals surface area contributed by atoms with Crippen molar-refractivity contribution in [1.82, 2.24) is 0 Å². The molecule has 2 rings (SSSR count). The highest BCUT2D eigenvalue weighted by Crippen LogP contribution is 2.30. The number of aliphatic imine (C=N–C) groups is 1. The van der Waals surface area contributed by atoms with E-state index in [0.717, 1.165) is 29.7 Å². The maximum Gasteiger partial charge on any atom is 0.187 e. The molecule has 0 spiro atoms. The molecule has 0 bridgehead atoms. The molecule has 0 amide bonds. The molecule has 0 aliphatic heterocycles. The molecule has 92 valence electrons. The number of aryl methyl sites for hydroxylation is 2. The van der Waals surface area contributed by atoms with Gasteiger partial charge in [0.05, 0.1) is 0 Å². The number of rotatable bonds is 3. The van der Waals surface area contributed by atoms with Crippen LogP contribution < -0.4 is 5.48 Å². The van der Waals surface area contributed by atoms with Crippen molar-refractivity contribution < 1.29 is 10.7 Å². The first kappa shape index (κ1) is 12.6. The lowest BCUT2D eigenvalue weighted by Gasteiger charge is -2.16. The highest BCUT2D eigenvalue weighted by molar-refractivity contribution is 6.65. The predicted octanol–water partition coefficient (Wildman–Crippen LogP) is 2.83. The van der Waals surface area contributed by atoms with Gasteiger partial charge in [-0.3, -0.25) is 0 Å². The van der Waals surface area contributed by atoms with Crippen LogP contribution in [0.4, 0.5) is 11.4 Å². The van der Waals surface area contributed by atoms with Crippen LogP contribution >= 0.6 is 11.6 Å². The van der Waals surface area contributed by atoms with E-state index in [2.05, 4.69) is 11.1 Å². The van der Waals surface area contributed by atoms with E-state index < -0.39 is 0 Å². The fourth-order valence-corrected chi connectivity index (χ4v) is 2.29. The molecule has 0 saturated heterocycles. The lowest BCUT2D eigenvalue weighted by molar-refractivity contribution is -0.825.